The van der Waals surface area contributed by atoms with Crippen molar-refractivity contribution >= 4 is 17.1 Å². The van der Waals surface area contributed by atoms with Gasteiger partial charge in [-0.3, -0.25) is 4.79 Å². The van der Waals surface area contributed by atoms with E-state index in [4.69, 9.17) is 4.74 Å². The van der Waals surface area contributed by atoms with E-state index in [0.717, 1.165) is 10.8 Å². The molecule has 0 aliphatic carbocycles. The molecule has 0 aliphatic heterocycles. The highest BCUT2D eigenvalue weighted by Crippen LogP contribution is 2.29. The first-order valence-corrected chi connectivity index (χ1v) is 8.63. The average Bonchev–Trinajstić information content (AvgIpc) is 2.71. The molecule has 29 heavy (non-hydrogen) atoms. The minimum Gasteiger partial charge on any atom is -0.434 e. The quantitative estimate of drug-likeness (QED) is 0.351. The number of aromatic nitrogens is 1. The van der Waals surface area contributed by atoms with Crippen molar-refractivity contribution in [2.24, 2.45) is 0 Å². The largest absolute Gasteiger partial charge is 0.514 e. The zero-order chi connectivity index (χ0) is 21.1. The molecule has 3 aromatic rings. The number of allylic oxidation sites excluding steroid dienone is 1. The van der Waals surface area contributed by atoms with Gasteiger partial charge in [0.1, 0.15) is 0 Å². The molecule has 0 N–H and O–H groups in total. The third-order valence-corrected chi connectivity index (χ3v) is 4.24. The van der Waals surface area contributed by atoms with E-state index in [1.807, 2.05) is 0 Å². The number of nitrogens with zero attached hydrogens (tertiary/aromatic N) is 1. The fourth-order valence-electron chi connectivity index (χ4n) is 2.98. The monoisotopic (exact) mass is 403 g/mol. The van der Waals surface area contributed by atoms with Crippen molar-refractivity contribution in [1.29, 1.82) is 0 Å². The van der Waals surface area contributed by atoms with Crippen molar-refractivity contribution in [3.8, 4) is 5.75 Å². The molecule has 1 heterocycles. The highest BCUT2D eigenvalue weighted by atomic mass is 19.2. The average molecular weight is 403 g/mol. The van der Waals surface area contributed by atoms with Crippen molar-refractivity contribution < 1.29 is 27.4 Å². The van der Waals surface area contributed by atoms with Crippen LogP contribution in [-0.4, -0.2) is 17.3 Å². The Morgan fingerprint density at radius 3 is 2.52 bits per heavy atom. The van der Waals surface area contributed by atoms with Gasteiger partial charge in [-0.25, -0.2) is 18.0 Å². The van der Waals surface area contributed by atoms with Crippen LogP contribution in [0.5, 0.6) is 5.75 Å². The Balaban J connectivity index is 2.35. The van der Waals surface area contributed by atoms with Crippen molar-refractivity contribution in [2.45, 2.75) is 13.0 Å². The van der Waals surface area contributed by atoms with Gasteiger partial charge in [0.25, 0.3) is 0 Å². The number of benzene rings is 2. The Hall–Kier alpha value is -3.55. The Morgan fingerprint density at radius 1 is 1.21 bits per heavy atom. The lowest BCUT2D eigenvalue weighted by Gasteiger charge is -2.21. The smallest absolute Gasteiger partial charge is 0.434 e. The number of fused-ring (bicyclic) bond motifs is 1. The zero-order valence-corrected chi connectivity index (χ0v) is 15.3. The first kappa shape index (κ1) is 20.2. The van der Waals surface area contributed by atoms with Gasteiger partial charge >= 0.3 is 6.16 Å². The SMILES string of the molecule is C=CC(c1ccccc1)n1cc(OC(=O)OCC)c(=O)c2cc(F)c(F)c(F)c21. The highest BCUT2D eigenvalue weighted by Gasteiger charge is 2.24. The molecule has 0 spiro atoms. The summed E-state index contributed by atoms with van der Waals surface area (Å²) in [7, 11) is 0. The summed E-state index contributed by atoms with van der Waals surface area (Å²) in [6.07, 6.45) is 1.31. The maximum absolute atomic E-state index is 14.7. The first-order chi connectivity index (χ1) is 13.9. The molecule has 0 saturated heterocycles. The lowest BCUT2D eigenvalue weighted by atomic mass is 10.0. The number of carbonyl (C=O) groups excluding carboxylic acids is 1. The molecule has 0 amide bonds. The molecule has 0 bridgehead atoms. The maximum atomic E-state index is 14.7. The number of pyridine rings is 1. The fourth-order valence-corrected chi connectivity index (χ4v) is 2.98. The van der Waals surface area contributed by atoms with Crippen LogP contribution in [0.4, 0.5) is 18.0 Å². The van der Waals surface area contributed by atoms with Crippen LogP contribution in [0.25, 0.3) is 10.9 Å². The van der Waals surface area contributed by atoms with Crippen LogP contribution in [-0.2, 0) is 4.74 Å². The maximum Gasteiger partial charge on any atom is 0.514 e. The van der Waals surface area contributed by atoms with Crippen LogP contribution in [0.2, 0.25) is 0 Å². The van der Waals surface area contributed by atoms with Crippen LogP contribution in [0, 0.1) is 17.5 Å². The Bertz CT molecular complexity index is 1140. The molecule has 0 saturated carbocycles. The van der Waals surface area contributed by atoms with E-state index in [2.05, 4.69) is 11.3 Å². The van der Waals surface area contributed by atoms with Crippen LogP contribution >= 0.6 is 0 Å². The Labute approximate surface area is 163 Å². The van der Waals surface area contributed by atoms with Crippen LogP contribution in [0.1, 0.15) is 18.5 Å². The third-order valence-electron chi connectivity index (χ3n) is 4.24. The van der Waals surface area contributed by atoms with E-state index in [-0.39, 0.29) is 6.61 Å². The molecule has 2 aromatic carbocycles. The van der Waals surface area contributed by atoms with Gasteiger partial charge in [0, 0.05) is 0 Å². The van der Waals surface area contributed by atoms with E-state index >= 15 is 0 Å². The minimum atomic E-state index is -1.72. The number of hydrogen-bond donors (Lipinski definition) is 0. The van der Waals surface area contributed by atoms with Gasteiger partial charge in [-0.2, -0.15) is 0 Å². The van der Waals surface area contributed by atoms with Crippen molar-refractivity contribution in [1.82, 2.24) is 4.57 Å². The second kappa shape index (κ2) is 8.22. The van der Waals surface area contributed by atoms with Gasteiger partial charge in [-0.15, -0.1) is 6.58 Å². The van der Waals surface area contributed by atoms with Gasteiger partial charge in [0.15, 0.2) is 23.2 Å². The Kier molecular flexibility index (Phi) is 5.72. The molecule has 3 rings (SSSR count). The summed E-state index contributed by atoms with van der Waals surface area (Å²) >= 11 is 0. The second-order valence-corrected chi connectivity index (χ2v) is 5.99. The van der Waals surface area contributed by atoms with E-state index in [1.54, 1.807) is 30.3 Å². The third kappa shape index (κ3) is 3.73. The second-order valence-electron chi connectivity index (χ2n) is 5.99. The topological polar surface area (TPSA) is 57.5 Å². The molecule has 150 valence electrons. The highest BCUT2D eigenvalue weighted by molar-refractivity contribution is 5.82. The molecular formula is C21H16F3NO4. The van der Waals surface area contributed by atoms with Gasteiger partial charge < -0.3 is 14.0 Å². The fraction of sp³-hybridized carbons (Fsp3) is 0.143. The summed E-state index contributed by atoms with van der Waals surface area (Å²) in [4.78, 5) is 24.3. The number of halogens is 3. The first-order valence-electron chi connectivity index (χ1n) is 8.63. The van der Waals surface area contributed by atoms with Gasteiger partial charge in [-0.1, -0.05) is 36.4 Å². The number of rotatable bonds is 5. The number of hydrogen-bond acceptors (Lipinski definition) is 4. The lowest BCUT2D eigenvalue weighted by Crippen LogP contribution is -2.21. The Morgan fingerprint density at radius 2 is 1.90 bits per heavy atom. The summed E-state index contributed by atoms with van der Waals surface area (Å²) in [5.41, 5.74) is -0.851. The minimum absolute atomic E-state index is 0.00558. The molecular weight excluding hydrogens is 387 g/mol. The lowest BCUT2D eigenvalue weighted by molar-refractivity contribution is 0.104. The predicted molar refractivity (Wildman–Crippen MR) is 101 cm³/mol. The number of carbonyl (C=O) groups is 1. The van der Waals surface area contributed by atoms with Crippen LogP contribution in [0.15, 0.2) is 60.0 Å². The van der Waals surface area contributed by atoms with Crippen molar-refractivity contribution in [2.75, 3.05) is 6.61 Å². The van der Waals surface area contributed by atoms with Gasteiger partial charge in [0.05, 0.1) is 29.7 Å². The van der Waals surface area contributed by atoms with Gasteiger partial charge in [-0.05, 0) is 18.6 Å². The molecule has 1 aromatic heterocycles. The summed E-state index contributed by atoms with van der Waals surface area (Å²) < 4.78 is 53.2. The zero-order valence-electron chi connectivity index (χ0n) is 15.3. The van der Waals surface area contributed by atoms with Crippen molar-refractivity contribution in [3.05, 3.63) is 88.5 Å². The summed E-state index contributed by atoms with van der Waals surface area (Å²) in [6.45, 7) is 5.24. The normalized spacial score (nSPS) is 11.9. The van der Waals surface area contributed by atoms with E-state index in [0.29, 0.717) is 11.6 Å². The number of ether oxygens (including phenoxy) is 2. The molecule has 1 unspecified atom stereocenters. The molecule has 1 atom stereocenters. The van der Waals surface area contributed by atoms with Crippen LogP contribution < -0.4 is 10.2 Å². The standard InChI is InChI=1S/C21H16F3NO4/c1-3-15(12-8-6-5-7-9-12)25-11-16(29-21(27)28-4-2)20(26)13-10-14(22)17(23)18(24)19(13)25/h3,5-11,15H,1,4H2,2H3. The van der Waals surface area contributed by atoms with E-state index < -0.39 is 51.7 Å². The molecule has 0 fully saturated rings. The van der Waals surface area contributed by atoms with Gasteiger partial charge in [0.2, 0.25) is 5.43 Å². The predicted octanol–water partition coefficient (Wildman–Crippen LogP) is 4.73. The van der Waals surface area contributed by atoms with E-state index in [9.17, 15) is 22.8 Å². The van der Waals surface area contributed by atoms with Crippen molar-refractivity contribution in [3.63, 3.8) is 0 Å². The molecule has 5 nitrogen and oxygen atoms in total. The molecule has 0 radical (unpaired) electrons. The van der Waals surface area contributed by atoms with E-state index in [1.165, 1.54) is 13.0 Å². The summed E-state index contributed by atoms with van der Waals surface area (Å²) in [5.74, 6) is -5.32. The molecule has 8 heteroatoms. The molecule has 0 aliphatic rings. The summed E-state index contributed by atoms with van der Waals surface area (Å²) in [6, 6.07) is 8.42. The van der Waals surface area contributed by atoms with Crippen LogP contribution in [0.3, 0.4) is 0 Å². The summed E-state index contributed by atoms with van der Waals surface area (Å²) in [5, 5.41) is -0.494.